The molecule has 0 N–H and O–H groups in total. The first-order chi connectivity index (χ1) is 14.0. The van der Waals surface area contributed by atoms with Gasteiger partial charge in [-0.15, -0.1) is 0 Å². The van der Waals surface area contributed by atoms with Crippen molar-refractivity contribution in [2.45, 2.75) is 156 Å². The molecule has 0 aromatic carbocycles. The Bertz CT molecular complexity index is 754. The van der Waals surface area contributed by atoms with Gasteiger partial charge in [-0.1, -0.05) is 135 Å². The third-order valence-electron chi connectivity index (χ3n) is 11.9. The normalized spacial score (nSPS) is 20.7. The van der Waals surface area contributed by atoms with Crippen molar-refractivity contribution in [3.8, 4) is 0 Å². The first-order valence-electron chi connectivity index (χ1n) is 13.5. The third-order valence-corrected chi connectivity index (χ3v) is 237. The molecule has 2 heterocycles. The van der Waals surface area contributed by atoms with Gasteiger partial charge < -0.3 is 0 Å². The van der Waals surface area contributed by atoms with Crippen LogP contribution in [0.4, 0.5) is 0 Å². The Kier molecular flexibility index (Phi) is 7.54. The van der Waals surface area contributed by atoms with E-state index in [-0.39, 0.29) is 27.7 Å². The van der Waals surface area contributed by atoms with Crippen LogP contribution in [0.15, 0.2) is 0 Å². The lowest BCUT2D eigenvalue weighted by molar-refractivity contribution is 0.734. The molecule has 0 aromatic rings. The summed E-state index contributed by atoms with van der Waals surface area (Å²) in [7, 11) is -4.86. The zero-order chi connectivity index (χ0) is 26.8. The summed E-state index contributed by atoms with van der Waals surface area (Å²) in [6, 6.07) is 0. The van der Waals surface area contributed by atoms with Crippen molar-refractivity contribution >= 4 is 64.2 Å². The molecular weight excluding hydrogens is 541 g/mol. The van der Waals surface area contributed by atoms with Gasteiger partial charge in [0.25, 0.3) is 0 Å². The molecule has 2 aliphatic rings. The molecule has 0 atom stereocenters. The highest BCUT2D eigenvalue weighted by atomic mass is 30.7. The lowest BCUT2D eigenvalue weighted by atomic mass is 10.2. The second kappa shape index (κ2) is 7.98. The topological polar surface area (TPSA) is 0 Å². The van der Waals surface area contributed by atoms with Crippen molar-refractivity contribution < 1.29 is 0 Å². The molecular formula is C24H60Si9. The Morgan fingerprint density at radius 3 is 0.545 bits per heavy atom. The first kappa shape index (κ1) is 31.2. The van der Waals surface area contributed by atoms with Crippen LogP contribution < -0.4 is 0 Å². The van der Waals surface area contributed by atoms with E-state index in [1.807, 2.05) is 0 Å². The summed E-state index contributed by atoms with van der Waals surface area (Å²) in [6.07, 6.45) is -0.955. The van der Waals surface area contributed by atoms with Crippen LogP contribution in [0.5, 0.6) is 0 Å². The van der Waals surface area contributed by atoms with Gasteiger partial charge >= 0.3 is 0 Å². The molecule has 33 heavy (non-hydrogen) atoms. The van der Waals surface area contributed by atoms with E-state index >= 15 is 0 Å². The van der Waals surface area contributed by atoms with Gasteiger partial charge in [0.2, 0.25) is 0 Å². The second-order valence-electron chi connectivity index (χ2n) is 17.8. The average Bonchev–Trinajstić information content (AvgIpc) is 3.37. The highest BCUT2D eigenvalue weighted by Gasteiger charge is 2.82. The maximum absolute atomic E-state index is 2.94. The SMILES string of the molecule is CC(C)(C)[Si](C)(C)[Si]1=[Si]([Si](C)(C)C(C)(C)C)[Si]12[Si]([Si](C)(C)C(C)(C)C)=[Si]2[Si](C)(C)C(C)(C)C. The number of hydrogen-bond donors (Lipinski definition) is 0. The summed E-state index contributed by atoms with van der Waals surface area (Å²) < 4.78 is 0. The highest BCUT2D eigenvalue weighted by Crippen LogP contribution is 2.57. The van der Waals surface area contributed by atoms with E-state index < -0.39 is 36.5 Å². The minimum atomic E-state index is -1.22. The minimum Gasteiger partial charge on any atom is -0.0690 e. The van der Waals surface area contributed by atoms with Gasteiger partial charge in [0.1, 0.15) is 0 Å². The fourth-order valence-electron chi connectivity index (χ4n) is 5.69. The molecule has 0 fully saturated rings. The van der Waals surface area contributed by atoms with E-state index in [0.29, 0.717) is 20.2 Å². The smallest absolute Gasteiger partial charge is 0.0645 e. The van der Waals surface area contributed by atoms with Crippen LogP contribution in [0, 0.1) is 0 Å². The maximum Gasteiger partial charge on any atom is 0.0645 e. The Labute approximate surface area is 218 Å². The van der Waals surface area contributed by atoms with Crippen LogP contribution in [-0.4, -0.2) is 64.2 Å². The molecule has 9 heteroatoms. The van der Waals surface area contributed by atoms with Crippen LogP contribution in [0.1, 0.15) is 83.1 Å². The van der Waals surface area contributed by atoms with Crippen LogP contribution in [-0.2, 0) is 0 Å². The fourth-order valence-corrected chi connectivity index (χ4v) is 552. The first-order valence-corrected chi connectivity index (χ1v) is 43.5. The van der Waals surface area contributed by atoms with E-state index in [2.05, 4.69) is 135 Å². The molecule has 192 valence electrons. The number of hydrogen-bond acceptors (Lipinski definition) is 0. The third kappa shape index (κ3) is 4.28. The highest BCUT2D eigenvalue weighted by molar-refractivity contribution is 8.43. The molecule has 0 nitrogen and oxygen atoms in total. The Morgan fingerprint density at radius 1 is 0.333 bits per heavy atom. The van der Waals surface area contributed by atoms with E-state index in [0.717, 1.165) is 0 Å². The van der Waals surface area contributed by atoms with Gasteiger partial charge in [0, 0.05) is 0 Å². The molecule has 0 aliphatic carbocycles. The van der Waals surface area contributed by atoms with E-state index in [4.69, 9.17) is 0 Å². The summed E-state index contributed by atoms with van der Waals surface area (Å²) in [5, 5.41) is 2.44. The van der Waals surface area contributed by atoms with Gasteiger partial charge in [-0.25, -0.2) is 0 Å². The van der Waals surface area contributed by atoms with E-state index in [1.165, 1.54) is 0 Å². The summed E-state index contributed by atoms with van der Waals surface area (Å²) >= 11 is 0. The molecule has 0 radical (unpaired) electrons. The summed E-state index contributed by atoms with van der Waals surface area (Å²) in [4.78, 5) is 0. The largest absolute Gasteiger partial charge is 0.0690 e. The fraction of sp³-hybridized carbons (Fsp3) is 1.00. The molecule has 1 spiro atoms. The predicted octanol–water partition coefficient (Wildman–Crippen LogP) is 8.26. The summed E-state index contributed by atoms with van der Waals surface area (Å²) in [5.41, 5.74) is 0. The Morgan fingerprint density at radius 2 is 0.455 bits per heavy atom. The van der Waals surface area contributed by atoms with Crippen molar-refractivity contribution in [2.24, 2.45) is 0 Å². The average molecular weight is 602 g/mol. The van der Waals surface area contributed by atoms with Crippen molar-refractivity contribution in [3.05, 3.63) is 0 Å². The maximum atomic E-state index is 2.94. The zero-order valence-electron chi connectivity index (χ0n) is 26.5. The summed E-state index contributed by atoms with van der Waals surface area (Å²) in [5.74, 6) is 0. The Balaban J connectivity index is 2.97. The van der Waals surface area contributed by atoms with E-state index in [1.54, 1.807) is 0 Å². The standard InChI is InChI=1S/C24H60Si9/c1-21(2,3)29(13,14)25-26(30(15,16)22(4,5)6)33(25)27(31(17,18)23(7,8)9)28(33)32(19,20)24(10,11)12/h1-20H3. The molecule has 2 aliphatic heterocycles. The van der Waals surface area contributed by atoms with Crippen molar-refractivity contribution in [1.82, 2.24) is 0 Å². The van der Waals surface area contributed by atoms with Gasteiger partial charge in [-0.2, -0.15) is 0 Å². The van der Waals surface area contributed by atoms with Crippen molar-refractivity contribution in [1.29, 1.82) is 0 Å². The summed E-state index contributed by atoms with van der Waals surface area (Å²) in [6.45, 7) is 55.6. The number of rotatable bonds is 4. The molecule has 0 saturated heterocycles. The lowest BCUT2D eigenvalue weighted by Crippen LogP contribution is -2.59. The van der Waals surface area contributed by atoms with Gasteiger partial charge in [0.05, 0.1) is 36.5 Å². The predicted molar refractivity (Wildman–Crippen MR) is 178 cm³/mol. The zero-order valence-corrected chi connectivity index (χ0v) is 35.5. The van der Waals surface area contributed by atoms with Gasteiger partial charge in [-0.3, -0.25) is 0 Å². The minimum absolute atomic E-state index is 0.0400. The molecule has 0 bridgehead atoms. The van der Waals surface area contributed by atoms with Crippen LogP contribution in [0.2, 0.25) is 72.5 Å². The lowest BCUT2D eigenvalue weighted by Gasteiger charge is -2.41. The van der Waals surface area contributed by atoms with E-state index in [9.17, 15) is 0 Å². The second-order valence-corrected chi connectivity index (χ2v) is 110. The van der Waals surface area contributed by atoms with Crippen LogP contribution >= 0.6 is 0 Å². The van der Waals surface area contributed by atoms with Crippen molar-refractivity contribution in [3.63, 3.8) is 0 Å². The van der Waals surface area contributed by atoms with Crippen LogP contribution in [0.25, 0.3) is 0 Å². The monoisotopic (exact) mass is 600 g/mol. The quantitative estimate of drug-likeness (QED) is 0.285. The molecule has 0 saturated carbocycles. The van der Waals surface area contributed by atoms with Gasteiger partial charge in [0.15, 0.2) is 0 Å². The molecule has 2 rings (SSSR count). The molecule has 0 unspecified atom stereocenters. The Hall–Kier alpha value is 1.95. The van der Waals surface area contributed by atoms with Crippen molar-refractivity contribution in [2.75, 3.05) is 0 Å². The van der Waals surface area contributed by atoms with Gasteiger partial charge in [-0.05, 0) is 47.9 Å². The molecule has 0 amide bonds. The molecule has 0 aromatic heterocycles. The van der Waals surface area contributed by atoms with Crippen LogP contribution in [0.3, 0.4) is 0 Å².